The fraction of sp³-hybridized carbons (Fsp3) is 0.417. The molecule has 0 aliphatic carbocycles. The number of anilines is 2. The van der Waals surface area contributed by atoms with Crippen molar-refractivity contribution < 1.29 is 9.18 Å². The van der Waals surface area contributed by atoms with E-state index in [-0.39, 0.29) is 16.9 Å². The number of likely N-dealkylation sites (N-methyl/N-ethyl adjacent to an activating group) is 1. The van der Waals surface area contributed by atoms with Crippen LogP contribution in [-0.4, -0.2) is 37.5 Å². The van der Waals surface area contributed by atoms with E-state index in [9.17, 15) is 9.18 Å². The predicted molar refractivity (Wildman–Crippen MR) is 71.0 cm³/mol. The summed E-state index contributed by atoms with van der Waals surface area (Å²) in [5, 5.41) is 2.92. The Bertz CT molecular complexity index is 436. The molecule has 1 aromatic rings. The van der Waals surface area contributed by atoms with Gasteiger partial charge in [0.25, 0.3) is 5.91 Å². The molecule has 5 nitrogen and oxygen atoms in total. The van der Waals surface area contributed by atoms with Gasteiger partial charge in [0.2, 0.25) is 0 Å². The molecule has 0 heterocycles. The van der Waals surface area contributed by atoms with Gasteiger partial charge >= 0.3 is 0 Å². The Kier molecular flexibility index (Phi) is 4.91. The van der Waals surface area contributed by atoms with Gasteiger partial charge in [-0.3, -0.25) is 4.79 Å². The van der Waals surface area contributed by atoms with Crippen LogP contribution in [0.15, 0.2) is 12.1 Å². The number of carbonyl (C=O) groups excluding carboxylic acids is 1. The van der Waals surface area contributed by atoms with Gasteiger partial charge in [-0.15, -0.1) is 0 Å². The van der Waals surface area contributed by atoms with E-state index < -0.39 is 11.7 Å². The van der Waals surface area contributed by atoms with Crippen LogP contribution < -0.4 is 16.8 Å². The number of rotatable bonds is 6. The number of primary amides is 1. The molecule has 0 spiro atoms. The lowest BCUT2D eigenvalue weighted by atomic mass is 10.1. The first-order valence-electron chi connectivity index (χ1n) is 5.77. The molecule has 5 N–H and O–H groups in total. The zero-order chi connectivity index (χ0) is 13.7. The van der Waals surface area contributed by atoms with Crippen molar-refractivity contribution in [2.24, 2.45) is 5.73 Å². The highest BCUT2D eigenvalue weighted by atomic mass is 19.1. The molecule has 0 aromatic heterocycles. The van der Waals surface area contributed by atoms with E-state index >= 15 is 0 Å². The van der Waals surface area contributed by atoms with Gasteiger partial charge in [-0.05, 0) is 25.7 Å². The second kappa shape index (κ2) is 6.20. The van der Waals surface area contributed by atoms with Crippen LogP contribution in [0, 0.1) is 5.82 Å². The minimum absolute atomic E-state index is 0.0521. The summed E-state index contributed by atoms with van der Waals surface area (Å²) in [6.07, 6.45) is 0. The number of amides is 1. The lowest BCUT2D eigenvalue weighted by Gasteiger charge is -2.15. The second-order valence-electron chi connectivity index (χ2n) is 4.11. The molecular formula is C12H19FN4O. The highest BCUT2D eigenvalue weighted by molar-refractivity contribution is 5.99. The molecule has 100 valence electrons. The topological polar surface area (TPSA) is 84.4 Å². The van der Waals surface area contributed by atoms with Crippen molar-refractivity contribution in [1.29, 1.82) is 0 Å². The van der Waals surface area contributed by atoms with E-state index in [2.05, 4.69) is 10.2 Å². The van der Waals surface area contributed by atoms with Crippen LogP contribution in [0.1, 0.15) is 17.3 Å². The SMILES string of the molecule is CCN(C)CCNc1cc(C(N)=O)c(N)cc1F. The van der Waals surface area contributed by atoms with E-state index in [0.29, 0.717) is 6.54 Å². The van der Waals surface area contributed by atoms with Gasteiger partial charge in [-0.1, -0.05) is 6.92 Å². The maximum atomic E-state index is 13.6. The molecule has 0 aliphatic heterocycles. The maximum absolute atomic E-state index is 13.6. The fourth-order valence-corrected chi connectivity index (χ4v) is 1.48. The van der Waals surface area contributed by atoms with E-state index in [4.69, 9.17) is 11.5 Å². The van der Waals surface area contributed by atoms with Crippen molar-refractivity contribution in [2.75, 3.05) is 37.7 Å². The van der Waals surface area contributed by atoms with Crippen molar-refractivity contribution in [3.05, 3.63) is 23.5 Å². The van der Waals surface area contributed by atoms with E-state index in [0.717, 1.165) is 19.2 Å². The Balaban J connectivity index is 2.76. The smallest absolute Gasteiger partial charge is 0.250 e. The predicted octanol–water partition coefficient (Wildman–Crippen LogP) is 0.870. The van der Waals surface area contributed by atoms with Gasteiger partial charge in [-0.25, -0.2) is 4.39 Å². The average molecular weight is 254 g/mol. The zero-order valence-corrected chi connectivity index (χ0v) is 10.7. The number of nitrogens with two attached hydrogens (primary N) is 2. The van der Waals surface area contributed by atoms with E-state index in [1.807, 2.05) is 14.0 Å². The number of nitrogens with zero attached hydrogens (tertiary/aromatic N) is 1. The van der Waals surface area contributed by atoms with Crippen LogP contribution in [0.3, 0.4) is 0 Å². The summed E-state index contributed by atoms with van der Waals surface area (Å²) in [4.78, 5) is 13.2. The largest absolute Gasteiger partial charge is 0.398 e. The minimum atomic E-state index is -0.666. The summed E-state index contributed by atoms with van der Waals surface area (Å²) in [7, 11) is 1.97. The fourth-order valence-electron chi connectivity index (χ4n) is 1.48. The van der Waals surface area contributed by atoms with Gasteiger partial charge < -0.3 is 21.7 Å². The van der Waals surface area contributed by atoms with Crippen LogP contribution in [0.5, 0.6) is 0 Å². The van der Waals surface area contributed by atoms with E-state index in [1.165, 1.54) is 6.07 Å². The number of halogens is 1. The third-order valence-electron chi connectivity index (χ3n) is 2.75. The summed E-state index contributed by atoms with van der Waals surface area (Å²) in [5.41, 5.74) is 11.1. The number of hydrogen-bond donors (Lipinski definition) is 3. The molecular weight excluding hydrogens is 235 g/mol. The molecule has 0 saturated carbocycles. The molecule has 1 rings (SSSR count). The Labute approximate surface area is 106 Å². The molecule has 0 unspecified atom stereocenters. The Morgan fingerprint density at radius 2 is 2.17 bits per heavy atom. The first-order valence-corrected chi connectivity index (χ1v) is 5.77. The number of carbonyl (C=O) groups is 1. The first kappa shape index (κ1) is 14.2. The Morgan fingerprint density at radius 3 is 2.72 bits per heavy atom. The summed E-state index contributed by atoms with van der Waals surface area (Å²) in [6.45, 7) is 4.29. The summed E-state index contributed by atoms with van der Waals surface area (Å²) < 4.78 is 13.6. The van der Waals surface area contributed by atoms with Crippen LogP contribution in [0.2, 0.25) is 0 Å². The standard InChI is InChI=1S/C12H19FN4O/c1-3-17(2)5-4-16-11-6-8(12(15)18)10(14)7-9(11)13/h6-7,16H,3-5,14H2,1-2H3,(H2,15,18). The van der Waals surface area contributed by atoms with E-state index in [1.54, 1.807) is 0 Å². The lowest BCUT2D eigenvalue weighted by molar-refractivity contribution is 0.100. The van der Waals surface area contributed by atoms with Crippen LogP contribution >= 0.6 is 0 Å². The molecule has 0 bridgehead atoms. The third-order valence-corrected chi connectivity index (χ3v) is 2.75. The van der Waals surface area contributed by atoms with Crippen molar-refractivity contribution in [2.45, 2.75) is 6.92 Å². The number of hydrogen-bond acceptors (Lipinski definition) is 4. The van der Waals surface area contributed by atoms with Gasteiger partial charge in [0.1, 0.15) is 5.82 Å². The molecule has 0 atom stereocenters. The van der Waals surface area contributed by atoms with Crippen molar-refractivity contribution in [3.63, 3.8) is 0 Å². The quantitative estimate of drug-likeness (QED) is 0.658. The summed E-state index contributed by atoms with van der Waals surface area (Å²) in [5.74, 6) is -1.15. The molecule has 1 amide bonds. The van der Waals surface area contributed by atoms with Crippen LogP contribution in [0.4, 0.5) is 15.8 Å². The minimum Gasteiger partial charge on any atom is -0.398 e. The highest BCUT2D eigenvalue weighted by Gasteiger charge is 2.11. The second-order valence-corrected chi connectivity index (χ2v) is 4.11. The lowest BCUT2D eigenvalue weighted by Crippen LogP contribution is -2.25. The van der Waals surface area contributed by atoms with Crippen molar-refractivity contribution in [1.82, 2.24) is 4.90 Å². The average Bonchev–Trinajstić information content (AvgIpc) is 2.31. The van der Waals surface area contributed by atoms with Gasteiger partial charge in [0.05, 0.1) is 11.3 Å². The molecule has 0 saturated heterocycles. The number of benzene rings is 1. The van der Waals surface area contributed by atoms with Gasteiger partial charge in [0.15, 0.2) is 0 Å². The molecule has 0 fully saturated rings. The zero-order valence-electron chi connectivity index (χ0n) is 10.7. The number of nitrogen functional groups attached to an aromatic ring is 1. The molecule has 0 aliphatic rings. The van der Waals surface area contributed by atoms with Crippen LogP contribution in [-0.2, 0) is 0 Å². The monoisotopic (exact) mass is 254 g/mol. The summed E-state index contributed by atoms with van der Waals surface area (Å²) >= 11 is 0. The maximum Gasteiger partial charge on any atom is 0.250 e. The molecule has 1 aromatic carbocycles. The van der Waals surface area contributed by atoms with Gasteiger partial charge in [-0.2, -0.15) is 0 Å². The Morgan fingerprint density at radius 1 is 1.50 bits per heavy atom. The van der Waals surface area contributed by atoms with Crippen molar-refractivity contribution >= 4 is 17.3 Å². The van der Waals surface area contributed by atoms with Crippen LogP contribution in [0.25, 0.3) is 0 Å². The normalized spacial score (nSPS) is 10.7. The van der Waals surface area contributed by atoms with Crippen molar-refractivity contribution in [3.8, 4) is 0 Å². The molecule has 18 heavy (non-hydrogen) atoms. The first-order chi connectivity index (χ1) is 8.45. The Hall–Kier alpha value is -1.82. The number of nitrogens with one attached hydrogen (secondary N) is 1. The highest BCUT2D eigenvalue weighted by Crippen LogP contribution is 2.21. The summed E-state index contributed by atoms with van der Waals surface area (Å²) in [6, 6.07) is 2.45. The molecule has 0 radical (unpaired) electrons. The third kappa shape index (κ3) is 3.59. The van der Waals surface area contributed by atoms with Gasteiger partial charge in [0, 0.05) is 18.8 Å². The molecule has 6 heteroatoms.